The van der Waals surface area contributed by atoms with E-state index in [-0.39, 0.29) is 28.0 Å². The van der Waals surface area contributed by atoms with Crippen molar-refractivity contribution in [3.05, 3.63) is 10.1 Å². The molecular weight excluding hydrogens is 158 g/mol. The standard InChI is InChI=1S/Cu.HNO3.2H2O/c;2-1(3)4;;/h;(H,2,3,4);2*1H2. The first kappa shape index (κ1) is 30.3. The van der Waals surface area contributed by atoms with E-state index in [9.17, 15) is 0 Å². The molecule has 0 fully saturated rings. The summed E-state index contributed by atoms with van der Waals surface area (Å²) in [6.07, 6.45) is 0. The molecule has 0 aromatic heterocycles. The second kappa shape index (κ2) is 17.4. The molecule has 0 saturated heterocycles. The zero-order valence-corrected chi connectivity index (χ0v) is 3.95. The molecule has 0 aliphatic carbocycles. The van der Waals surface area contributed by atoms with Crippen molar-refractivity contribution in [2.24, 2.45) is 0 Å². The van der Waals surface area contributed by atoms with Crippen LogP contribution in [0, 0.1) is 10.1 Å². The van der Waals surface area contributed by atoms with Crippen LogP contribution in [0.3, 0.4) is 0 Å². The van der Waals surface area contributed by atoms with Crippen molar-refractivity contribution < 1.29 is 38.3 Å². The van der Waals surface area contributed by atoms with E-state index in [1.807, 2.05) is 0 Å². The Hall–Kier alpha value is -0.361. The summed E-state index contributed by atoms with van der Waals surface area (Å²) in [7, 11) is 0. The van der Waals surface area contributed by atoms with Gasteiger partial charge in [0.15, 0.2) is 0 Å². The van der Waals surface area contributed by atoms with E-state index in [1.54, 1.807) is 0 Å². The Morgan fingerprint density at radius 3 is 1.43 bits per heavy atom. The zero-order chi connectivity index (χ0) is 3.58. The van der Waals surface area contributed by atoms with Crippen molar-refractivity contribution in [3.8, 4) is 0 Å². The molecule has 0 amide bonds. The minimum atomic E-state index is -1.50. The molecule has 0 aromatic rings. The van der Waals surface area contributed by atoms with Crippen molar-refractivity contribution in [2.45, 2.75) is 0 Å². The first-order valence-corrected chi connectivity index (χ1v) is 0.565. The monoisotopic (exact) mass is 162 g/mol. The molecule has 0 heterocycles. The van der Waals surface area contributed by atoms with E-state index in [0.717, 1.165) is 0 Å². The topological polar surface area (TPSA) is 126 Å². The van der Waals surface area contributed by atoms with Crippen molar-refractivity contribution in [1.29, 1.82) is 0 Å². The summed E-state index contributed by atoms with van der Waals surface area (Å²) in [5.41, 5.74) is 0. The normalized spacial score (nSPS) is 3.43. The molecule has 0 bridgehead atoms. The molecule has 6 nitrogen and oxygen atoms in total. The second-order valence-electron chi connectivity index (χ2n) is 0.238. The fraction of sp³-hybridized carbons (Fsp3) is 0. The van der Waals surface area contributed by atoms with Crippen LogP contribution in [0.1, 0.15) is 0 Å². The zero-order valence-electron chi connectivity index (χ0n) is 3.01. The van der Waals surface area contributed by atoms with Gasteiger partial charge in [-0.15, -0.1) is 10.1 Å². The molecule has 0 atom stereocenters. The number of rotatable bonds is 0. The van der Waals surface area contributed by atoms with Crippen LogP contribution < -0.4 is 0 Å². The third-order valence-electron chi connectivity index (χ3n) is 0. The van der Waals surface area contributed by atoms with Gasteiger partial charge in [-0.1, -0.05) is 0 Å². The van der Waals surface area contributed by atoms with Crippen LogP contribution in [0.4, 0.5) is 0 Å². The predicted octanol–water partition coefficient (Wildman–Crippen LogP) is -2.00. The van der Waals surface area contributed by atoms with Gasteiger partial charge in [0.1, 0.15) is 0 Å². The van der Waals surface area contributed by atoms with E-state index in [0.29, 0.717) is 0 Å². The van der Waals surface area contributed by atoms with Crippen LogP contribution in [0.25, 0.3) is 0 Å². The summed E-state index contributed by atoms with van der Waals surface area (Å²) in [5, 5.41) is 13.6. The smallest absolute Gasteiger partial charge is 0.291 e. The van der Waals surface area contributed by atoms with Gasteiger partial charge in [-0.25, -0.2) is 0 Å². The molecule has 1 radical (unpaired) electrons. The number of hydrogen-bond donors (Lipinski definition) is 1. The summed E-state index contributed by atoms with van der Waals surface area (Å²) in [5.74, 6) is 0. The van der Waals surface area contributed by atoms with Crippen LogP contribution in [-0.4, -0.2) is 21.2 Å². The minimum absolute atomic E-state index is 0. The molecule has 0 spiro atoms. The average molecular weight is 163 g/mol. The minimum Gasteiger partial charge on any atom is -0.412 e. The number of hydrogen-bond acceptors (Lipinski definition) is 2. The molecular formula is H5CuNO5. The first-order valence-electron chi connectivity index (χ1n) is 0.565. The van der Waals surface area contributed by atoms with E-state index in [1.165, 1.54) is 0 Å². The maximum atomic E-state index is 8.36. The van der Waals surface area contributed by atoms with Gasteiger partial charge in [-0.05, 0) is 0 Å². The second-order valence-corrected chi connectivity index (χ2v) is 0.238. The average Bonchev–Trinajstić information content (AvgIpc) is 0.811. The van der Waals surface area contributed by atoms with Crippen LogP contribution in [0.5, 0.6) is 0 Å². The van der Waals surface area contributed by atoms with Crippen LogP contribution in [0.2, 0.25) is 0 Å². The summed E-state index contributed by atoms with van der Waals surface area (Å²) in [6.45, 7) is 0. The quantitative estimate of drug-likeness (QED) is 0.251. The van der Waals surface area contributed by atoms with Gasteiger partial charge in [0, 0.05) is 17.1 Å². The summed E-state index contributed by atoms with van der Waals surface area (Å²) in [6, 6.07) is 0. The van der Waals surface area contributed by atoms with E-state index in [4.69, 9.17) is 15.3 Å². The molecule has 0 rings (SSSR count). The molecule has 0 unspecified atom stereocenters. The Labute approximate surface area is 49.3 Å². The number of nitrogens with zero attached hydrogens (tertiary/aromatic N) is 1. The van der Waals surface area contributed by atoms with Gasteiger partial charge >= 0.3 is 0 Å². The molecule has 5 N–H and O–H groups in total. The summed E-state index contributed by atoms with van der Waals surface area (Å²) >= 11 is 0. The Kier molecular flexibility index (Phi) is 75.4. The van der Waals surface area contributed by atoms with Crippen molar-refractivity contribution >= 4 is 0 Å². The van der Waals surface area contributed by atoms with Gasteiger partial charge in [0.25, 0.3) is 5.09 Å². The maximum Gasteiger partial charge on any atom is 0.291 e. The molecule has 7 heteroatoms. The predicted molar refractivity (Wildman–Crippen MR) is 16.0 cm³/mol. The fourth-order valence-corrected chi connectivity index (χ4v) is 0. The van der Waals surface area contributed by atoms with E-state index in [2.05, 4.69) is 0 Å². The summed E-state index contributed by atoms with van der Waals surface area (Å²) < 4.78 is 0. The molecule has 7 heavy (non-hydrogen) atoms. The molecule has 51 valence electrons. The first-order chi connectivity index (χ1) is 1.73. The van der Waals surface area contributed by atoms with Crippen molar-refractivity contribution in [2.75, 3.05) is 0 Å². The molecule has 0 saturated carbocycles. The molecule has 0 aliphatic rings. The summed E-state index contributed by atoms with van der Waals surface area (Å²) in [4.78, 5) is 8.36. The van der Waals surface area contributed by atoms with Crippen LogP contribution in [-0.2, 0) is 17.1 Å². The Morgan fingerprint density at radius 2 is 1.43 bits per heavy atom. The Bertz CT molecular complexity index is 31.1. The van der Waals surface area contributed by atoms with Crippen molar-refractivity contribution in [1.82, 2.24) is 0 Å². The van der Waals surface area contributed by atoms with Gasteiger partial charge in [-0.2, -0.15) is 0 Å². The van der Waals surface area contributed by atoms with Gasteiger partial charge in [0.2, 0.25) is 0 Å². The third kappa shape index (κ3) is 575. The van der Waals surface area contributed by atoms with Gasteiger partial charge < -0.3 is 16.2 Å². The fourth-order valence-electron chi connectivity index (χ4n) is 0. The van der Waals surface area contributed by atoms with E-state index < -0.39 is 5.09 Å². The van der Waals surface area contributed by atoms with Gasteiger partial charge in [0.05, 0.1) is 0 Å². The van der Waals surface area contributed by atoms with Crippen molar-refractivity contribution in [3.63, 3.8) is 0 Å². The Morgan fingerprint density at radius 1 is 1.43 bits per heavy atom. The van der Waals surface area contributed by atoms with Crippen LogP contribution in [0.15, 0.2) is 0 Å². The van der Waals surface area contributed by atoms with E-state index >= 15 is 0 Å². The molecule has 0 aromatic carbocycles. The third-order valence-corrected chi connectivity index (χ3v) is 0. The Balaban J connectivity index is -0.0000000150. The maximum absolute atomic E-state index is 8.36. The van der Waals surface area contributed by atoms with Gasteiger partial charge in [-0.3, -0.25) is 0 Å². The van der Waals surface area contributed by atoms with Crippen LogP contribution >= 0.6 is 0 Å². The largest absolute Gasteiger partial charge is 0.412 e. The SMILES string of the molecule is O.O.O=[N+]([O-])O.[Cu]. The molecule has 0 aliphatic heterocycles.